The average Bonchev–Trinajstić information content (AvgIpc) is 2.80. The summed E-state index contributed by atoms with van der Waals surface area (Å²) in [6, 6.07) is 0.728. The molecule has 1 aliphatic carbocycles. The molecule has 19 heavy (non-hydrogen) atoms. The van der Waals surface area contributed by atoms with E-state index in [4.69, 9.17) is 4.74 Å². The van der Waals surface area contributed by atoms with E-state index in [2.05, 4.69) is 37.8 Å². The van der Waals surface area contributed by atoms with Crippen LogP contribution in [-0.2, 0) is 4.74 Å². The molecule has 3 heteroatoms. The van der Waals surface area contributed by atoms with E-state index in [1.165, 1.54) is 37.2 Å². The number of thioether (sulfide) groups is 1. The zero-order chi connectivity index (χ0) is 13.5. The molecule has 3 rings (SSSR count). The second-order valence-corrected chi connectivity index (χ2v) is 8.57. The van der Waals surface area contributed by atoms with Crippen LogP contribution in [0.5, 0.6) is 0 Å². The van der Waals surface area contributed by atoms with Gasteiger partial charge < -0.3 is 10.1 Å². The molecule has 0 aromatic carbocycles. The lowest BCUT2D eigenvalue weighted by Crippen LogP contribution is -2.48. The molecule has 3 fully saturated rings. The Kier molecular flexibility index (Phi) is 3.92. The normalized spacial score (nSPS) is 42.5. The molecule has 0 radical (unpaired) electrons. The maximum atomic E-state index is 6.19. The second-order valence-electron chi connectivity index (χ2n) is 7.47. The van der Waals surface area contributed by atoms with Crippen LogP contribution < -0.4 is 5.32 Å². The molecule has 2 heterocycles. The molecule has 0 amide bonds. The Balaban J connectivity index is 1.68. The molecule has 0 aromatic heterocycles. The van der Waals surface area contributed by atoms with Crippen molar-refractivity contribution in [3.63, 3.8) is 0 Å². The van der Waals surface area contributed by atoms with Gasteiger partial charge in [-0.3, -0.25) is 0 Å². The molecule has 110 valence electrons. The Bertz CT molecular complexity index is 325. The van der Waals surface area contributed by atoms with Crippen molar-refractivity contribution in [1.29, 1.82) is 0 Å². The van der Waals surface area contributed by atoms with Crippen LogP contribution in [-0.4, -0.2) is 36.3 Å². The van der Waals surface area contributed by atoms with Crippen molar-refractivity contribution in [2.24, 2.45) is 17.3 Å². The van der Waals surface area contributed by atoms with Gasteiger partial charge in [-0.1, -0.05) is 20.8 Å². The lowest BCUT2D eigenvalue weighted by molar-refractivity contribution is -0.0868. The summed E-state index contributed by atoms with van der Waals surface area (Å²) < 4.78 is 6.19. The fourth-order valence-corrected chi connectivity index (χ4v) is 5.61. The van der Waals surface area contributed by atoms with Crippen LogP contribution in [0.4, 0.5) is 0 Å². The van der Waals surface area contributed by atoms with Crippen LogP contribution in [0.3, 0.4) is 0 Å². The molecule has 4 atom stereocenters. The summed E-state index contributed by atoms with van der Waals surface area (Å²) >= 11 is 2.08. The van der Waals surface area contributed by atoms with Gasteiger partial charge in [-0.15, -0.1) is 0 Å². The molecule has 0 aromatic rings. The lowest BCUT2D eigenvalue weighted by atomic mass is 9.78. The van der Waals surface area contributed by atoms with E-state index < -0.39 is 0 Å². The Hall–Kier alpha value is 0.270. The van der Waals surface area contributed by atoms with Crippen molar-refractivity contribution >= 4 is 11.8 Å². The zero-order valence-corrected chi connectivity index (χ0v) is 13.5. The third kappa shape index (κ3) is 2.84. The van der Waals surface area contributed by atoms with Crippen molar-refractivity contribution in [1.82, 2.24) is 5.32 Å². The molecule has 1 spiro atoms. The molecule has 3 aliphatic rings. The Labute approximate surface area is 122 Å². The highest BCUT2D eigenvalue weighted by atomic mass is 32.2. The third-order valence-corrected chi connectivity index (χ3v) is 6.79. The topological polar surface area (TPSA) is 21.3 Å². The van der Waals surface area contributed by atoms with Crippen LogP contribution >= 0.6 is 11.8 Å². The number of ether oxygens (including phenoxy) is 1. The van der Waals surface area contributed by atoms with Crippen molar-refractivity contribution in [3.8, 4) is 0 Å². The Morgan fingerprint density at radius 2 is 2.16 bits per heavy atom. The van der Waals surface area contributed by atoms with Crippen LogP contribution in [0.15, 0.2) is 0 Å². The monoisotopic (exact) mass is 283 g/mol. The number of rotatable bonds is 4. The standard InChI is InChI=1S/C16H29NOS/c1-4-17-14(13-10-15(13,2)3)12-5-7-18-16(9-12)6-8-19-11-16/h12-14,17H,4-11H2,1-3H3. The molecule has 4 unspecified atom stereocenters. The molecule has 2 nitrogen and oxygen atoms in total. The Morgan fingerprint density at radius 1 is 1.37 bits per heavy atom. The molecular weight excluding hydrogens is 254 g/mol. The van der Waals surface area contributed by atoms with Crippen molar-refractivity contribution < 1.29 is 4.74 Å². The van der Waals surface area contributed by atoms with Gasteiger partial charge in [-0.2, -0.15) is 11.8 Å². The van der Waals surface area contributed by atoms with Gasteiger partial charge in [-0.25, -0.2) is 0 Å². The van der Waals surface area contributed by atoms with Gasteiger partial charge in [0.15, 0.2) is 0 Å². The van der Waals surface area contributed by atoms with E-state index in [1.807, 2.05) is 0 Å². The van der Waals surface area contributed by atoms with Crippen molar-refractivity contribution in [3.05, 3.63) is 0 Å². The highest BCUT2D eigenvalue weighted by Crippen LogP contribution is 2.56. The number of hydrogen-bond donors (Lipinski definition) is 1. The predicted molar refractivity (Wildman–Crippen MR) is 82.7 cm³/mol. The highest BCUT2D eigenvalue weighted by Gasteiger charge is 2.53. The van der Waals surface area contributed by atoms with E-state index >= 15 is 0 Å². The minimum absolute atomic E-state index is 0.236. The first-order valence-electron chi connectivity index (χ1n) is 8.01. The number of hydrogen-bond acceptors (Lipinski definition) is 3. The first-order valence-corrected chi connectivity index (χ1v) is 9.17. The first-order chi connectivity index (χ1) is 9.06. The summed E-state index contributed by atoms with van der Waals surface area (Å²) in [4.78, 5) is 0. The van der Waals surface area contributed by atoms with Gasteiger partial charge in [-0.05, 0) is 55.2 Å². The summed E-state index contributed by atoms with van der Waals surface area (Å²) in [5.74, 6) is 4.25. The third-order valence-electron chi connectivity index (χ3n) is 5.57. The fraction of sp³-hybridized carbons (Fsp3) is 1.00. The maximum Gasteiger partial charge on any atom is 0.0783 e. The van der Waals surface area contributed by atoms with Crippen LogP contribution in [0.25, 0.3) is 0 Å². The van der Waals surface area contributed by atoms with E-state index in [-0.39, 0.29) is 5.60 Å². The van der Waals surface area contributed by atoms with Crippen molar-refractivity contribution in [2.75, 3.05) is 24.7 Å². The quantitative estimate of drug-likeness (QED) is 0.855. The summed E-state index contributed by atoms with van der Waals surface area (Å²) in [5.41, 5.74) is 0.809. The summed E-state index contributed by atoms with van der Waals surface area (Å²) in [6.07, 6.45) is 5.24. The maximum absolute atomic E-state index is 6.19. The highest BCUT2D eigenvalue weighted by molar-refractivity contribution is 7.99. The molecule has 1 N–H and O–H groups in total. The smallest absolute Gasteiger partial charge is 0.0783 e. The number of nitrogens with one attached hydrogen (secondary N) is 1. The first kappa shape index (κ1) is 14.2. The van der Waals surface area contributed by atoms with Crippen LogP contribution in [0, 0.1) is 17.3 Å². The molecule has 0 bridgehead atoms. The summed E-state index contributed by atoms with van der Waals surface area (Å²) in [5, 5.41) is 3.81. The van der Waals surface area contributed by atoms with E-state index in [0.29, 0.717) is 5.41 Å². The second kappa shape index (κ2) is 5.23. The largest absolute Gasteiger partial charge is 0.374 e. The molecule has 2 saturated heterocycles. The molecule has 1 saturated carbocycles. The zero-order valence-electron chi connectivity index (χ0n) is 12.7. The Morgan fingerprint density at radius 3 is 2.74 bits per heavy atom. The summed E-state index contributed by atoms with van der Waals surface area (Å²) in [7, 11) is 0. The van der Waals surface area contributed by atoms with Gasteiger partial charge in [0, 0.05) is 18.4 Å². The fourth-order valence-electron chi connectivity index (χ4n) is 4.23. The van der Waals surface area contributed by atoms with Gasteiger partial charge in [0.05, 0.1) is 5.60 Å². The van der Waals surface area contributed by atoms with Crippen molar-refractivity contribution in [2.45, 2.75) is 58.1 Å². The average molecular weight is 283 g/mol. The van der Waals surface area contributed by atoms with Gasteiger partial charge >= 0.3 is 0 Å². The molecule has 2 aliphatic heterocycles. The molecular formula is C16H29NOS. The van der Waals surface area contributed by atoms with Gasteiger partial charge in [0.2, 0.25) is 0 Å². The van der Waals surface area contributed by atoms with E-state index in [9.17, 15) is 0 Å². The van der Waals surface area contributed by atoms with Crippen LogP contribution in [0.2, 0.25) is 0 Å². The van der Waals surface area contributed by atoms with E-state index in [0.717, 1.165) is 31.0 Å². The minimum Gasteiger partial charge on any atom is -0.374 e. The van der Waals surface area contributed by atoms with Gasteiger partial charge in [0.1, 0.15) is 0 Å². The summed E-state index contributed by atoms with van der Waals surface area (Å²) in [6.45, 7) is 9.21. The van der Waals surface area contributed by atoms with E-state index in [1.54, 1.807) is 0 Å². The minimum atomic E-state index is 0.236. The lowest BCUT2D eigenvalue weighted by Gasteiger charge is -2.41. The predicted octanol–water partition coefficient (Wildman–Crippen LogP) is 3.31. The van der Waals surface area contributed by atoms with Crippen LogP contribution in [0.1, 0.15) is 46.5 Å². The SMILES string of the molecule is CCNC(C1CCOC2(CCSC2)C1)C1CC1(C)C. The van der Waals surface area contributed by atoms with Gasteiger partial charge in [0.25, 0.3) is 0 Å².